The van der Waals surface area contributed by atoms with Crippen molar-refractivity contribution >= 4 is 15.7 Å². The van der Waals surface area contributed by atoms with E-state index in [1.165, 1.54) is 5.56 Å². The number of hydrogen-bond donors (Lipinski definition) is 2. The minimum Gasteiger partial charge on any atom is -0.378 e. The summed E-state index contributed by atoms with van der Waals surface area (Å²) in [6.07, 6.45) is 1.16. The molecule has 1 rings (SSSR count). The number of sulfonamides is 1. The Hall–Kier alpha value is -1.11. The van der Waals surface area contributed by atoms with Crippen molar-refractivity contribution in [3.63, 3.8) is 0 Å². The molecule has 0 amide bonds. The van der Waals surface area contributed by atoms with E-state index in [1.807, 2.05) is 19.0 Å². The molecule has 0 saturated carbocycles. The molecule has 1 aromatic carbocycles. The number of rotatable bonds is 7. The zero-order valence-electron chi connectivity index (χ0n) is 11.1. The van der Waals surface area contributed by atoms with Crippen LogP contribution in [0.3, 0.4) is 0 Å². The van der Waals surface area contributed by atoms with Crippen LogP contribution in [0.25, 0.3) is 0 Å². The molecule has 2 N–H and O–H groups in total. The Labute approximate surface area is 109 Å². The summed E-state index contributed by atoms with van der Waals surface area (Å²) in [5, 5.41) is 3.18. The summed E-state index contributed by atoms with van der Waals surface area (Å²) in [6.45, 7) is 1.76. The molecular weight excluding hydrogens is 250 g/mol. The topological polar surface area (TPSA) is 61.4 Å². The summed E-state index contributed by atoms with van der Waals surface area (Å²) in [5.41, 5.74) is 2.34. The summed E-state index contributed by atoms with van der Waals surface area (Å²) in [5.74, 6) is 0. The van der Waals surface area contributed by atoms with Crippen LogP contribution in [0.5, 0.6) is 0 Å². The lowest BCUT2D eigenvalue weighted by Crippen LogP contribution is -2.30. The predicted molar refractivity (Wildman–Crippen MR) is 75.3 cm³/mol. The average Bonchev–Trinajstić information content (AvgIpc) is 2.27. The Kier molecular flexibility index (Phi) is 5.58. The van der Waals surface area contributed by atoms with Gasteiger partial charge in [0.2, 0.25) is 10.0 Å². The lowest BCUT2D eigenvalue weighted by atomic mass is 10.2. The molecule has 0 atom stereocenters. The van der Waals surface area contributed by atoms with Gasteiger partial charge in [-0.2, -0.15) is 0 Å². The van der Waals surface area contributed by atoms with Crippen LogP contribution < -0.4 is 14.9 Å². The predicted octanol–water partition coefficient (Wildman–Crippen LogP) is 0.391. The third-order valence-corrected chi connectivity index (χ3v) is 3.18. The molecule has 0 radical (unpaired) electrons. The Morgan fingerprint density at radius 2 is 1.72 bits per heavy atom. The van der Waals surface area contributed by atoms with Crippen LogP contribution in [-0.2, 0) is 16.6 Å². The van der Waals surface area contributed by atoms with Gasteiger partial charge in [-0.05, 0) is 17.7 Å². The molecule has 0 aliphatic rings. The van der Waals surface area contributed by atoms with Crippen molar-refractivity contribution in [3.05, 3.63) is 29.8 Å². The summed E-state index contributed by atoms with van der Waals surface area (Å²) in [6, 6.07) is 8.25. The maximum Gasteiger partial charge on any atom is 0.208 e. The Morgan fingerprint density at radius 1 is 1.11 bits per heavy atom. The van der Waals surface area contributed by atoms with Crippen molar-refractivity contribution in [1.29, 1.82) is 0 Å². The average molecular weight is 271 g/mol. The van der Waals surface area contributed by atoms with Crippen LogP contribution in [0.15, 0.2) is 24.3 Å². The molecular formula is C12H21N3O2S. The van der Waals surface area contributed by atoms with Crippen LogP contribution in [0.4, 0.5) is 5.69 Å². The first-order valence-corrected chi connectivity index (χ1v) is 7.69. The molecule has 0 heterocycles. The molecule has 0 spiro atoms. The van der Waals surface area contributed by atoms with Crippen LogP contribution in [0.2, 0.25) is 0 Å². The molecule has 0 fully saturated rings. The highest BCUT2D eigenvalue weighted by molar-refractivity contribution is 7.88. The van der Waals surface area contributed by atoms with Gasteiger partial charge in [0.25, 0.3) is 0 Å². The highest BCUT2D eigenvalue weighted by atomic mass is 32.2. The fourth-order valence-electron chi connectivity index (χ4n) is 1.47. The monoisotopic (exact) mass is 271 g/mol. The first-order valence-electron chi connectivity index (χ1n) is 5.80. The van der Waals surface area contributed by atoms with Gasteiger partial charge in [-0.25, -0.2) is 13.1 Å². The Morgan fingerprint density at radius 3 is 2.22 bits per heavy atom. The second kappa shape index (κ2) is 6.72. The Bertz CT molecular complexity index is 455. The summed E-state index contributed by atoms with van der Waals surface area (Å²) >= 11 is 0. The fraction of sp³-hybridized carbons (Fsp3) is 0.500. The zero-order valence-corrected chi connectivity index (χ0v) is 11.9. The molecule has 5 nitrogen and oxygen atoms in total. The molecule has 0 aliphatic heterocycles. The molecule has 6 heteroatoms. The zero-order chi connectivity index (χ0) is 13.6. The molecule has 0 unspecified atom stereocenters. The quantitative estimate of drug-likeness (QED) is 0.704. The number of hydrogen-bond acceptors (Lipinski definition) is 4. The molecule has 0 aromatic heterocycles. The van der Waals surface area contributed by atoms with Gasteiger partial charge in [0, 0.05) is 39.4 Å². The lowest BCUT2D eigenvalue weighted by molar-refractivity contribution is 0.582. The number of benzene rings is 1. The minimum atomic E-state index is -3.08. The van der Waals surface area contributed by atoms with Gasteiger partial charge in [-0.3, -0.25) is 0 Å². The van der Waals surface area contributed by atoms with Crippen LogP contribution in [0, 0.1) is 0 Å². The molecule has 0 bridgehead atoms. The normalized spacial score (nSPS) is 11.5. The van der Waals surface area contributed by atoms with Gasteiger partial charge in [0.1, 0.15) is 0 Å². The summed E-state index contributed by atoms with van der Waals surface area (Å²) in [7, 11) is 0.928. The standard InChI is InChI=1S/C12H21N3O2S/c1-15(2)12-6-4-11(5-7-12)10-13-8-9-14-18(3,16)17/h4-7,13-14H,8-10H2,1-3H3. The van der Waals surface area contributed by atoms with E-state index in [0.29, 0.717) is 13.1 Å². The molecule has 18 heavy (non-hydrogen) atoms. The third-order valence-electron chi connectivity index (χ3n) is 2.45. The van der Waals surface area contributed by atoms with Gasteiger partial charge < -0.3 is 10.2 Å². The molecule has 0 aliphatic carbocycles. The van der Waals surface area contributed by atoms with E-state index in [0.717, 1.165) is 18.5 Å². The van der Waals surface area contributed by atoms with E-state index in [4.69, 9.17) is 0 Å². The van der Waals surface area contributed by atoms with Crippen molar-refractivity contribution in [3.8, 4) is 0 Å². The maximum atomic E-state index is 10.8. The molecule has 102 valence electrons. The molecule has 1 aromatic rings. The van der Waals surface area contributed by atoms with Crippen LogP contribution in [0.1, 0.15) is 5.56 Å². The SMILES string of the molecule is CN(C)c1ccc(CNCCNS(C)(=O)=O)cc1. The highest BCUT2D eigenvalue weighted by Gasteiger charge is 1.99. The second-order valence-corrected chi connectivity index (χ2v) is 6.24. The minimum absolute atomic E-state index is 0.411. The Balaban J connectivity index is 2.27. The van der Waals surface area contributed by atoms with E-state index in [-0.39, 0.29) is 0 Å². The van der Waals surface area contributed by atoms with Gasteiger partial charge in [-0.1, -0.05) is 12.1 Å². The number of nitrogens with one attached hydrogen (secondary N) is 2. The lowest BCUT2D eigenvalue weighted by Gasteiger charge is -2.12. The van der Waals surface area contributed by atoms with Crippen molar-refractivity contribution < 1.29 is 8.42 Å². The largest absolute Gasteiger partial charge is 0.378 e. The van der Waals surface area contributed by atoms with Crippen LogP contribution >= 0.6 is 0 Å². The van der Waals surface area contributed by atoms with Crippen LogP contribution in [-0.4, -0.2) is 41.9 Å². The maximum absolute atomic E-state index is 10.8. The van der Waals surface area contributed by atoms with Gasteiger partial charge >= 0.3 is 0 Å². The van der Waals surface area contributed by atoms with Crippen molar-refractivity contribution in [2.75, 3.05) is 38.3 Å². The highest BCUT2D eigenvalue weighted by Crippen LogP contribution is 2.11. The van der Waals surface area contributed by atoms with Gasteiger partial charge in [0.15, 0.2) is 0 Å². The first-order chi connectivity index (χ1) is 8.38. The summed E-state index contributed by atoms with van der Waals surface area (Å²) < 4.78 is 24.1. The van der Waals surface area contributed by atoms with Crippen molar-refractivity contribution in [2.24, 2.45) is 0 Å². The second-order valence-electron chi connectivity index (χ2n) is 4.40. The summed E-state index contributed by atoms with van der Waals surface area (Å²) in [4.78, 5) is 2.05. The fourth-order valence-corrected chi connectivity index (χ4v) is 1.94. The number of nitrogens with zero attached hydrogens (tertiary/aromatic N) is 1. The van der Waals surface area contributed by atoms with E-state index in [9.17, 15) is 8.42 Å². The van der Waals surface area contributed by atoms with Crippen molar-refractivity contribution in [1.82, 2.24) is 10.0 Å². The smallest absolute Gasteiger partial charge is 0.208 e. The van der Waals surface area contributed by atoms with Crippen molar-refractivity contribution in [2.45, 2.75) is 6.54 Å². The number of anilines is 1. The van der Waals surface area contributed by atoms with Gasteiger partial charge in [-0.15, -0.1) is 0 Å². The first kappa shape index (κ1) is 14.9. The van der Waals surface area contributed by atoms with E-state index >= 15 is 0 Å². The van der Waals surface area contributed by atoms with Gasteiger partial charge in [0.05, 0.1) is 6.26 Å². The molecule has 0 saturated heterocycles. The van der Waals surface area contributed by atoms with E-state index < -0.39 is 10.0 Å². The third kappa shape index (κ3) is 6.00. The van der Waals surface area contributed by atoms with E-state index in [1.54, 1.807) is 0 Å². The van der Waals surface area contributed by atoms with E-state index in [2.05, 4.69) is 34.3 Å².